The highest BCUT2D eigenvalue weighted by Crippen LogP contribution is 2.13. The van der Waals surface area contributed by atoms with Crippen molar-refractivity contribution in [2.75, 3.05) is 13.4 Å². The molecule has 2 atom stereocenters. The molecule has 1 fully saturated rings. The normalized spacial score (nSPS) is 36.1. The second-order valence-corrected chi connectivity index (χ2v) is 2.33. The predicted octanol–water partition coefficient (Wildman–Crippen LogP) is 1.18. The molecule has 0 radical (unpaired) electrons. The van der Waals surface area contributed by atoms with E-state index in [2.05, 4.69) is 13.5 Å². The van der Waals surface area contributed by atoms with E-state index in [-0.39, 0.29) is 6.10 Å². The predicted molar refractivity (Wildman–Crippen MR) is 35.1 cm³/mol. The van der Waals surface area contributed by atoms with E-state index in [0.717, 1.165) is 6.61 Å². The molecule has 2 heteroatoms. The van der Waals surface area contributed by atoms with Gasteiger partial charge in [-0.25, -0.2) is 0 Å². The van der Waals surface area contributed by atoms with Crippen LogP contribution in [0.1, 0.15) is 6.92 Å². The summed E-state index contributed by atoms with van der Waals surface area (Å²) in [6, 6.07) is 0. The maximum absolute atomic E-state index is 5.20. The molecule has 0 bridgehead atoms. The lowest BCUT2D eigenvalue weighted by molar-refractivity contribution is -0.149. The molecule has 1 rings (SSSR count). The molecule has 0 aromatic rings. The third-order valence-corrected chi connectivity index (χ3v) is 1.52. The van der Waals surface area contributed by atoms with Gasteiger partial charge in [0.2, 0.25) is 0 Å². The van der Waals surface area contributed by atoms with Gasteiger partial charge in [-0.15, -0.1) is 6.58 Å². The van der Waals surface area contributed by atoms with Gasteiger partial charge in [-0.3, -0.25) is 0 Å². The van der Waals surface area contributed by atoms with E-state index in [9.17, 15) is 0 Å². The first-order valence-corrected chi connectivity index (χ1v) is 3.16. The molecule has 0 amide bonds. The molecular weight excluding hydrogens is 116 g/mol. The van der Waals surface area contributed by atoms with Gasteiger partial charge in [0.15, 0.2) is 0 Å². The quantitative estimate of drug-likeness (QED) is 0.494. The number of ether oxygens (including phenoxy) is 2. The van der Waals surface area contributed by atoms with Crippen molar-refractivity contribution in [2.45, 2.75) is 13.0 Å². The fraction of sp³-hybridized carbons (Fsp3) is 0.714. The minimum absolute atomic E-state index is 0.193. The van der Waals surface area contributed by atoms with E-state index < -0.39 is 0 Å². The lowest BCUT2D eigenvalue weighted by atomic mass is 10.1. The molecule has 0 aromatic heterocycles. The van der Waals surface area contributed by atoms with Crippen molar-refractivity contribution in [1.82, 2.24) is 0 Å². The van der Waals surface area contributed by atoms with Crippen LogP contribution in [-0.2, 0) is 9.47 Å². The van der Waals surface area contributed by atoms with Crippen molar-refractivity contribution in [1.29, 1.82) is 0 Å². The SMILES string of the molecule is C=CC1OCOCC1C. The van der Waals surface area contributed by atoms with Crippen LogP contribution < -0.4 is 0 Å². The van der Waals surface area contributed by atoms with E-state index in [1.807, 2.05) is 6.08 Å². The Labute approximate surface area is 55.5 Å². The van der Waals surface area contributed by atoms with E-state index in [4.69, 9.17) is 9.47 Å². The van der Waals surface area contributed by atoms with Gasteiger partial charge < -0.3 is 9.47 Å². The van der Waals surface area contributed by atoms with Crippen molar-refractivity contribution in [3.63, 3.8) is 0 Å². The Morgan fingerprint density at radius 2 is 2.44 bits per heavy atom. The van der Waals surface area contributed by atoms with Crippen LogP contribution in [0.5, 0.6) is 0 Å². The second kappa shape index (κ2) is 2.99. The van der Waals surface area contributed by atoms with Crippen molar-refractivity contribution in [3.8, 4) is 0 Å². The first kappa shape index (κ1) is 6.78. The summed E-state index contributed by atoms with van der Waals surface area (Å²) in [6.45, 7) is 6.95. The van der Waals surface area contributed by atoms with Crippen molar-refractivity contribution in [2.24, 2.45) is 5.92 Å². The van der Waals surface area contributed by atoms with Crippen LogP contribution in [0.15, 0.2) is 12.7 Å². The first-order chi connectivity index (χ1) is 4.34. The van der Waals surface area contributed by atoms with E-state index in [1.165, 1.54) is 0 Å². The lowest BCUT2D eigenvalue weighted by Gasteiger charge is -2.26. The maximum Gasteiger partial charge on any atom is 0.147 e. The van der Waals surface area contributed by atoms with Crippen LogP contribution in [-0.4, -0.2) is 19.5 Å². The van der Waals surface area contributed by atoms with Crippen LogP contribution in [0, 0.1) is 5.92 Å². The minimum atomic E-state index is 0.193. The van der Waals surface area contributed by atoms with Crippen molar-refractivity contribution < 1.29 is 9.47 Å². The van der Waals surface area contributed by atoms with Crippen LogP contribution in [0.2, 0.25) is 0 Å². The van der Waals surface area contributed by atoms with Crippen LogP contribution in [0.4, 0.5) is 0 Å². The molecule has 1 aliphatic heterocycles. The van der Waals surface area contributed by atoms with E-state index in [0.29, 0.717) is 12.7 Å². The Hall–Kier alpha value is -0.340. The second-order valence-electron chi connectivity index (χ2n) is 2.33. The highest BCUT2D eigenvalue weighted by Gasteiger charge is 2.18. The molecule has 1 aliphatic rings. The summed E-state index contributed by atoms with van der Waals surface area (Å²) in [5.74, 6) is 0.455. The fourth-order valence-corrected chi connectivity index (χ4v) is 0.920. The summed E-state index contributed by atoms with van der Waals surface area (Å²) in [7, 11) is 0. The van der Waals surface area contributed by atoms with Gasteiger partial charge in [0.1, 0.15) is 6.79 Å². The summed E-state index contributed by atoms with van der Waals surface area (Å²) in [5, 5.41) is 0. The Morgan fingerprint density at radius 1 is 1.67 bits per heavy atom. The molecule has 52 valence electrons. The fourth-order valence-electron chi connectivity index (χ4n) is 0.920. The minimum Gasteiger partial charge on any atom is -0.355 e. The van der Waals surface area contributed by atoms with Crippen molar-refractivity contribution >= 4 is 0 Å². The first-order valence-electron chi connectivity index (χ1n) is 3.16. The molecular formula is C7H12O2. The Morgan fingerprint density at radius 3 is 2.89 bits per heavy atom. The topological polar surface area (TPSA) is 18.5 Å². The molecule has 9 heavy (non-hydrogen) atoms. The van der Waals surface area contributed by atoms with Gasteiger partial charge in [-0.2, -0.15) is 0 Å². The number of hydrogen-bond acceptors (Lipinski definition) is 2. The monoisotopic (exact) mass is 128 g/mol. The molecule has 0 aromatic carbocycles. The van der Waals surface area contributed by atoms with Gasteiger partial charge in [0, 0.05) is 5.92 Å². The summed E-state index contributed by atoms with van der Waals surface area (Å²) in [4.78, 5) is 0. The highest BCUT2D eigenvalue weighted by atomic mass is 16.7. The largest absolute Gasteiger partial charge is 0.355 e. The molecule has 2 unspecified atom stereocenters. The third kappa shape index (κ3) is 1.53. The van der Waals surface area contributed by atoms with Gasteiger partial charge >= 0.3 is 0 Å². The standard InChI is InChI=1S/C7H12O2/c1-3-7-6(2)4-8-5-9-7/h3,6-7H,1,4-5H2,2H3. The van der Waals surface area contributed by atoms with Crippen LogP contribution >= 0.6 is 0 Å². The van der Waals surface area contributed by atoms with E-state index >= 15 is 0 Å². The summed E-state index contributed by atoms with van der Waals surface area (Å²) in [6.07, 6.45) is 2.02. The Balaban J connectivity index is 2.38. The van der Waals surface area contributed by atoms with Crippen LogP contribution in [0.3, 0.4) is 0 Å². The van der Waals surface area contributed by atoms with Gasteiger partial charge in [0.05, 0.1) is 12.7 Å². The molecule has 0 spiro atoms. The summed E-state index contributed by atoms with van der Waals surface area (Å²) >= 11 is 0. The molecule has 2 nitrogen and oxygen atoms in total. The Bertz CT molecular complexity index is 101. The summed E-state index contributed by atoms with van der Waals surface area (Å²) in [5.41, 5.74) is 0. The average molecular weight is 128 g/mol. The molecule has 0 aliphatic carbocycles. The maximum atomic E-state index is 5.20. The molecule has 1 heterocycles. The molecule has 1 saturated heterocycles. The van der Waals surface area contributed by atoms with Gasteiger partial charge in [0.25, 0.3) is 0 Å². The van der Waals surface area contributed by atoms with Crippen molar-refractivity contribution in [3.05, 3.63) is 12.7 Å². The van der Waals surface area contributed by atoms with E-state index in [1.54, 1.807) is 0 Å². The lowest BCUT2D eigenvalue weighted by Crippen LogP contribution is -2.30. The zero-order valence-electron chi connectivity index (χ0n) is 5.67. The van der Waals surface area contributed by atoms with Gasteiger partial charge in [-0.05, 0) is 0 Å². The smallest absolute Gasteiger partial charge is 0.147 e. The average Bonchev–Trinajstić information content (AvgIpc) is 1.89. The summed E-state index contributed by atoms with van der Waals surface area (Å²) < 4.78 is 10.2. The molecule has 0 saturated carbocycles. The number of rotatable bonds is 1. The highest BCUT2D eigenvalue weighted by molar-refractivity contribution is 4.84. The number of hydrogen-bond donors (Lipinski definition) is 0. The van der Waals surface area contributed by atoms with Crippen LogP contribution in [0.25, 0.3) is 0 Å². The zero-order valence-corrected chi connectivity index (χ0v) is 5.67. The van der Waals surface area contributed by atoms with Gasteiger partial charge in [-0.1, -0.05) is 13.0 Å². The molecule has 0 N–H and O–H groups in total. The zero-order chi connectivity index (χ0) is 6.69. The third-order valence-electron chi connectivity index (χ3n) is 1.52. The Kier molecular flexibility index (Phi) is 2.25.